The van der Waals surface area contributed by atoms with Gasteiger partial charge >= 0.3 is 5.97 Å². The lowest BCUT2D eigenvalue weighted by atomic mass is 9.82. The number of benzene rings is 3. The van der Waals surface area contributed by atoms with Gasteiger partial charge in [-0.3, -0.25) is 4.90 Å². The summed E-state index contributed by atoms with van der Waals surface area (Å²) in [5, 5.41) is 6.50. The molecule has 0 amide bonds. The van der Waals surface area contributed by atoms with E-state index in [4.69, 9.17) is 19.6 Å². The molecule has 0 unspecified atom stereocenters. The number of fused-ring (bicyclic) bond motifs is 3. The van der Waals surface area contributed by atoms with Crippen LogP contribution in [0.2, 0.25) is 0 Å². The number of rotatable bonds is 5. The Balaban J connectivity index is 1.59. The van der Waals surface area contributed by atoms with E-state index in [1.54, 1.807) is 19.0 Å². The van der Waals surface area contributed by atoms with Crippen LogP contribution in [-0.4, -0.2) is 36.4 Å². The third kappa shape index (κ3) is 3.55. The van der Waals surface area contributed by atoms with Crippen LogP contribution in [0.4, 0.5) is 5.69 Å². The predicted octanol–water partition coefficient (Wildman–Crippen LogP) is 5.16. The van der Waals surface area contributed by atoms with Crippen molar-refractivity contribution in [2.45, 2.75) is 25.8 Å². The number of aryl methyl sites for hydroxylation is 1. The molecule has 0 N–H and O–H groups in total. The predicted molar refractivity (Wildman–Crippen MR) is 140 cm³/mol. The van der Waals surface area contributed by atoms with Crippen LogP contribution in [0.5, 0.6) is 5.75 Å². The molecule has 0 fully saturated rings. The Hall–Kier alpha value is -4.39. The highest BCUT2D eigenvalue weighted by atomic mass is 16.5. The van der Waals surface area contributed by atoms with Crippen LogP contribution in [0, 0.1) is 0 Å². The number of guanidine groups is 1. The van der Waals surface area contributed by atoms with Crippen molar-refractivity contribution in [1.29, 1.82) is 0 Å². The standard InChI is InChI=1S/C29H26N4O3/c1-3-36-28(34)27-31-33(21-12-5-4-6-13-21)29-30-25-23-15-8-7-10-19(23)16-17-24(25)26(32(27)29)20-11-9-14-22(18-20)35-2/h4-15,18,26H,3,16-17H2,1-2H3/t26-/m0/s1. The Morgan fingerprint density at radius 3 is 2.61 bits per heavy atom. The van der Waals surface area contributed by atoms with Gasteiger partial charge < -0.3 is 9.47 Å². The molecule has 36 heavy (non-hydrogen) atoms. The highest BCUT2D eigenvalue weighted by Crippen LogP contribution is 2.47. The van der Waals surface area contributed by atoms with Crippen LogP contribution in [-0.2, 0) is 16.0 Å². The third-order valence-electron chi connectivity index (χ3n) is 6.74. The highest BCUT2D eigenvalue weighted by Gasteiger charge is 2.46. The monoisotopic (exact) mass is 478 g/mol. The maximum absolute atomic E-state index is 13.2. The Morgan fingerprint density at radius 1 is 1.00 bits per heavy atom. The fourth-order valence-electron chi connectivity index (χ4n) is 5.15. The third-order valence-corrected chi connectivity index (χ3v) is 6.74. The van der Waals surface area contributed by atoms with Crippen LogP contribution in [0.25, 0.3) is 5.70 Å². The summed E-state index contributed by atoms with van der Waals surface area (Å²) in [6, 6.07) is 25.9. The minimum atomic E-state index is -0.475. The van der Waals surface area contributed by atoms with Crippen LogP contribution >= 0.6 is 0 Å². The first-order valence-electron chi connectivity index (χ1n) is 12.1. The molecule has 0 saturated carbocycles. The Labute approximate surface area is 210 Å². The molecule has 3 aromatic rings. The second-order valence-corrected chi connectivity index (χ2v) is 8.78. The van der Waals surface area contributed by atoms with Crippen LogP contribution in [0.15, 0.2) is 94.5 Å². The molecule has 7 nitrogen and oxygen atoms in total. The maximum Gasteiger partial charge on any atom is 0.376 e. The molecule has 180 valence electrons. The average Bonchev–Trinajstić information content (AvgIpc) is 3.31. The van der Waals surface area contributed by atoms with Gasteiger partial charge in [0.1, 0.15) is 5.75 Å². The lowest BCUT2D eigenvalue weighted by Gasteiger charge is -2.39. The summed E-state index contributed by atoms with van der Waals surface area (Å²) in [5.41, 5.74) is 6.30. The number of aliphatic imine (C=N–C) groups is 1. The minimum absolute atomic E-state index is 0.220. The number of methoxy groups -OCH3 is 1. The van der Waals surface area contributed by atoms with Gasteiger partial charge in [-0.25, -0.2) is 9.79 Å². The van der Waals surface area contributed by atoms with E-state index in [1.807, 2.05) is 59.5 Å². The van der Waals surface area contributed by atoms with Gasteiger partial charge in [0.15, 0.2) is 0 Å². The fourth-order valence-corrected chi connectivity index (χ4v) is 5.15. The zero-order chi connectivity index (χ0) is 24.6. The molecular weight excluding hydrogens is 452 g/mol. The summed E-state index contributed by atoms with van der Waals surface area (Å²) in [4.78, 5) is 20.3. The number of hydrazone groups is 1. The van der Waals surface area contributed by atoms with E-state index in [0.29, 0.717) is 5.96 Å². The summed E-state index contributed by atoms with van der Waals surface area (Å²) in [6.07, 6.45) is 1.73. The summed E-state index contributed by atoms with van der Waals surface area (Å²) < 4.78 is 11.0. The van der Waals surface area contributed by atoms with Crippen LogP contribution < -0.4 is 9.75 Å². The van der Waals surface area contributed by atoms with Crippen molar-refractivity contribution >= 4 is 29.1 Å². The van der Waals surface area contributed by atoms with Crippen molar-refractivity contribution in [1.82, 2.24) is 4.90 Å². The van der Waals surface area contributed by atoms with Gasteiger partial charge in [0.25, 0.3) is 0 Å². The van der Waals surface area contributed by atoms with Crippen molar-refractivity contribution in [3.63, 3.8) is 0 Å². The quantitative estimate of drug-likeness (QED) is 0.474. The average molecular weight is 479 g/mol. The largest absolute Gasteiger partial charge is 0.497 e. The molecule has 3 aliphatic rings. The van der Waals surface area contributed by atoms with E-state index in [-0.39, 0.29) is 18.5 Å². The number of carbonyl (C=O) groups is 1. The van der Waals surface area contributed by atoms with Gasteiger partial charge in [0.05, 0.1) is 31.1 Å². The van der Waals surface area contributed by atoms with E-state index in [1.165, 1.54) is 5.56 Å². The summed E-state index contributed by atoms with van der Waals surface area (Å²) in [6.45, 7) is 2.06. The first-order chi connectivity index (χ1) is 17.7. The topological polar surface area (TPSA) is 66.7 Å². The van der Waals surface area contributed by atoms with Gasteiger partial charge in [0.2, 0.25) is 11.8 Å². The van der Waals surface area contributed by atoms with Crippen LogP contribution in [0.1, 0.15) is 36.1 Å². The number of carbonyl (C=O) groups excluding carboxylic acids is 1. The van der Waals surface area contributed by atoms with Crippen molar-refractivity contribution in [3.05, 3.63) is 101 Å². The van der Waals surface area contributed by atoms with Gasteiger partial charge in [-0.1, -0.05) is 54.6 Å². The first-order valence-corrected chi connectivity index (χ1v) is 12.1. The number of para-hydroxylation sites is 1. The molecule has 2 heterocycles. The number of ether oxygens (including phenoxy) is 2. The summed E-state index contributed by atoms with van der Waals surface area (Å²) in [5.74, 6) is 1.07. The van der Waals surface area contributed by atoms with Crippen molar-refractivity contribution in [3.8, 4) is 5.75 Å². The molecule has 3 aromatic carbocycles. The molecule has 6 rings (SSSR count). The number of esters is 1. The molecule has 2 aliphatic heterocycles. The smallest absolute Gasteiger partial charge is 0.376 e. The van der Waals surface area contributed by atoms with Crippen molar-refractivity contribution in [2.75, 3.05) is 18.7 Å². The maximum atomic E-state index is 13.2. The summed E-state index contributed by atoms with van der Waals surface area (Å²) in [7, 11) is 1.66. The zero-order valence-corrected chi connectivity index (χ0v) is 20.2. The first kappa shape index (κ1) is 22.1. The second kappa shape index (κ2) is 9.00. The number of anilines is 1. The molecule has 1 aliphatic carbocycles. The number of hydrogen-bond donors (Lipinski definition) is 0. The fraction of sp³-hybridized carbons (Fsp3) is 0.207. The lowest BCUT2D eigenvalue weighted by Crippen LogP contribution is -2.46. The van der Waals surface area contributed by atoms with E-state index in [9.17, 15) is 4.79 Å². The minimum Gasteiger partial charge on any atom is -0.497 e. The number of hydrogen-bond acceptors (Lipinski definition) is 7. The van der Waals surface area contributed by atoms with Gasteiger partial charge in [-0.2, -0.15) is 5.01 Å². The molecule has 0 spiro atoms. The Morgan fingerprint density at radius 2 is 1.81 bits per heavy atom. The van der Waals surface area contributed by atoms with Gasteiger partial charge in [-0.15, -0.1) is 5.10 Å². The normalized spacial score (nSPS) is 18.1. The Bertz CT molecular complexity index is 1430. The van der Waals surface area contributed by atoms with E-state index >= 15 is 0 Å². The molecule has 7 heteroatoms. The van der Waals surface area contributed by atoms with E-state index < -0.39 is 5.97 Å². The highest BCUT2D eigenvalue weighted by molar-refractivity contribution is 6.41. The Kier molecular flexibility index (Phi) is 5.52. The second-order valence-electron chi connectivity index (χ2n) is 8.78. The van der Waals surface area contributed by atoms with Crippen molar-refractivity contribution in [2.24, 2.45) is 10.1 Å². The number of nitrogens with zero attached hydrogens (tertiary/aromatic N) is 4. The SMILES string of the molecule is CCOC(=O)C1=NN(c2ccccc2)C2=NC3=C(CCc4ccccc43)[C@H](c3cccc(OC)c3)N12. The summed E-state index contributed by atoms with van der Waals surface area (Å²) >= 11 is 0. The molecule has 0 saturated heterocycles. The zero-order valence-electron chi connectivity index (χ0n) is 20.2. The van der Waals surface area contributed by atoms with E-state index in [2.05, 4.69) is 24.3 Å². The molecule has 0 bridgehead atoms. The lowest BCUT2D eigenvalue weighted by molar-refractivity contribution is -0.135. The van der Waals surface area contributed by atoms with E-state index in [0.717, 1.165) is 46.7 Å². The van der Waals surface area contributed by atoms with Gasteiger partial charge in [-0.05, 0) is 60.7 Å². The van der Waals surface area contributed by atoms with Gasteiger partial charge in [0, 0.05) is 5.56 Å². The molecule has 0 aromatic heterocycles. The molecule has 0 radical (unpaired) electrons. The van der Waals surface area contributed by atoms with Crippen molar-refractivity contribution < 1.29 is 14.3 Å². The van der Waals surface area contributed by atoms with Crippen LogP contribution in [0.3, 0.4) is 0 Å². The molecule has 1 atom stereocenters. The number of amidine groups is 1. The molecular formula is C29H26N4O3.